The summed E-state index contributed by atoms with van der Waals surface area (Å²) in [5.41, 5.74) is 1.35. The van der Waals surface area contributed by atoms with Gasteiger partial charge in [-0.2, -0.15) is 5.10 Å². The van der Waals surface area contributed by atoms with E-state index in [1.807, 2.05) is 17.9 Å². The molecule has 106 valence electrons. The van der Waals surface area contributed by atoms with Crippen LogP contribution in [-0.2, 0) is 7.05 Å². The van der Waals surface area contributed by atoms with Gasteiger partial charge >= 0.3 is 0 Å². The highest BCUT2D eigenvalue weighted by molar-refractivity contribution is 5.11. The third-order valence-electron chi connectivity index (χ3n) is 4.56. The molecule has 2 heterocycles. The molecule has 1 saturated carbocycles. The van der Waals surface area contributed by atoms with Gasteiger partial charge in [-0.25, -0.2) is 0 Å². The molecule has 0 bridgehead atoms. The van der Waals surface area contributed by atoms with E-state index in [0.717, 1.165) is 6.04 Å². The Hall–Kier alpha value is -0.870. The molecule has 2 aliphatic rings. The summed E-state index contributed by atoms with van der Waals surface area (Å²) in [5, 5.41) is 8.00. The van der Waals surface area contributed by atoms with Crippen LogP contribution in [0.25, 0.3) is 0 Å². The van der Waals surface area contributed by atoms with Crippen LogP contribution in [0.2, 0.25) is 0 Å². The average Bonchev–Trinajstić information content (AvgIpc) is 3.18. The van der Waals surface area contributed by atoms with Crippen molar-refractivity contribution in [2.24, 2.45) is 7.05 Å². The summed E-state index contributed by atoms with van der Waals surface area (Å²) in [6.07, 6.45) is 11.0. The third-order valence-corrected chi connectivity index (χ3v) is 4.56. The van der Waals surface area contributed by atoms with E-state index in [4.69, 9.17) is 0 Å². The first kappa shape index (κ1) is 13.1. The summed E-state index contributed by atoms with van der Waals surface area (Å²) in [6.45, 7) is 4.73. The second-order valence-corrected chi connectivity index (χ2v) is 6.20. The van der Waals surface area contributed by atoms with Gasteiger partial charge in [0.2, 0.25) is 0 Å². The molecule has 2 unspecified atom stereocenters. The van der Waals surface area contributed by atoms with E-state index in [0.29, 0.717) is 12.1 Å². The fourth-order valence-electron chi connectivity index (χ4n) is 3.21. The lowest BCUT2D eigenvalue weighted by Gasteiger charge is -2.34. The molecule has 1 N–H and O–H groups in total. The van der Waals surface area contributed by atoms with Gasteiger partial charge in [-0.1, -0.05) is 6.42 Å². The molecule has 1 aliphatic carbocycles. The monoisotopic (exact) mass is 262 g/mol. The first-order valence-corrected chi connectivity index (χ1v) is 7.71. The molecule has 1 saturated heterocycles. The van der Waals surface area contributed by atoms with Gasteiger partial charge in [0.25, 0.3) is 0 Å². The molecular formula is C15H26N4. The van der Waals surface area contributed by atoms with Crippen LogP contribution in [0.3, 0.4) is 0 Å². The Kier molecular flexibility index (Phi) is 3.89. The minimum Gasteiger partial charge on any atom is -0.313 e. The van der Waals surface area contributed by atoms with Crippen molar-refractivity contribution in [3.63, 3.8) is 0 Å². The summed E-state index contributed by atoms with van der Waals surface area (Å²) < 4.78 is 1.91. The zero-order chi connectivity index (χ0) is 13.2. The van der Waals surface area contributed by atoms with Crippen LogP contribution in [0.4, 0.5) is 0 Å². The first-order valence-electron chi connectivity index (χ1n) is 7.71. The number of nitrogens with one attached hydrogen (secondary N) is 1. The predicted octanol–water partition coefficient (Wildman–Crippen LogP) is 2.09. The molecule has 0 radical (unpaired) electrons. The van der Waals surface area contributed by atoms with Gasteiger partial charge in [0, 0.05) is 43.5 Å². The van der Waals surface area contributed by atoms with Gasteiger partial charge in [0.15, 0.2) is 0 Å². The Bertz CT molecular complexity index is 404. The van der Waals surface area contributed by atoms with Gasteiger partial charge in [-0.3, -0.25) is 9.58 Å². The van der Waals surface area contributed by atoms with Crippen molar-refractivity contribution in [2.45, 2.75) is 57.2 Å². The maximum atomic E-state index is 4.32. The largest absolute Gasteiger partial charge is 0.313 e. The Balaban J connectivity index is 1.66. The molecular weight excluding hydrogens is 236 g/mol. The lowest BCUT2D eigenvalue weighted by atomic mass is 10.0. The van der Waals surface area contributed by atoms with Gasteiger partial charge < -0.3 is 5.32 Å². The van der Waals surface area contributed by atoms with Crippen molar-refractivity contribution in [2.75, 3.05) is 13.1 Å². The zero-order valence-corrected chi connectivity index (χ0v) is 12.2. The van der Waals surface area contributed by atoms with E-state index in [1.54, 1.807) is 0 Å². The van der Waals surface area contributed by atoms with Crippen LogP contribution in [0.5, 0.6) is 0 Å². The lowest BCUT2D eigenvalue weighted by Crippen LogP contribution is -2.45. The minimum absolute atomic E-state index is 0.491. The van der Waals surface area contributed by atoms with Gasteiger partial charge in [-0.15, -0.1) is 0 Å². The number of rotatable bonds is 5. The highest BCUT2D eigenvalue weighted by Gasteiger charge is 2.34. The third kappa shape index (κ3) is 3.18. The van der Waals surface area contributed by atoms with E-state index in [-0.39, 0.29) is 0 Å². The maximum absolute atomic E-state index is 4.32. The highest BCUT2D eigenvalue weighted by Crippen LogP contribution is 2.34. The highest BCUT2D eigenvalue weighted by atomic mass is 15.3. The quantitative estimate of drug-likeness (QED) is 0.882. The minimum atomic E-state index is 0.491. The van der Waals surface area contributed by atoms with Crippen LogP contribution < -0.4 is 5.32 Å². The Morgan fingerprint density at radius 1 is 1.42 bits per heavy atom. The van der Waals surface area contributed by atoms with E-state index in [1.165, 1.54) is 50.8 Å². The van der Waals surface area contributed by atoms with Crippen molar-refractivity contribution in [1.29, 1.82) is 0 Å². The summed E-state index contributed by atoms with van der Waals surface area (Å²) in [4.78, 5) is 2.69. The average molecular weight is 262 g/mol. The molecule has 0 amide bonds. The lowest BCUT2D eigenvalue weighted by molar-refractivity contribution is 0.166. The zero-order valence-electron chi connectivity index (χ0n) is 12.2. The van der Waals surface area contributed by atoms with Crippen molar-refractivity contribution >= 4 is 0 Å². The van der Waals surface area contributed by atoms with Crippen LogP contribution in [0, 0.1) is 0 Å². The van der Waals surface area contributed by atoms with Crippen molar-refractivity contribution < 1.29 is 0 Å². The van der Waals surface area contributed by atoms with E-state index >= 15 is 0 Å². The second kappa shape index (κ2) is 5.63. The first-order chi connectivity index (χ1) is 9.24. The van der Waals surface area contributed by atoms with E-state index in [9.17, 15) is 0 Å². The molecule has 1 aromatic rings. The molecule has 0 spiro atoms. The topological polar surface area (TPSA) is 33.1 Å². The van der Waals surface area contributed by atoms with Crippen molar-refractivity contribution in [3.05, 3.63) is 18.0 Å². The van der Waals surface area contributed by atoms with Crippen LogP contribution >= 0.6 is 0 Å². The Labute approximate surface area is 116 Å². The van der Waals surface area contributed by atoms with E-state index < -0.39 is 0 Å². The van der Waals surface area contributed by atoms with Gasteiger partial charge in [-0.05, 0) is 39.2 Å². The molecule has 4 heteroatoms. The number of aromatic nitrogens is 2. The molecule has 1 aliphatic heterocycles. The number of aryl methyl sites for hydroxylation is 1. The second-order valence-electron chi connectivity index (χ2n) is 6.20. The number of hydrogen-bond acceptors (Lipinski definition) is 3. The molecule has 4 nitrogen and oxygen atoms in total. The number of nitrogens with zero attached hydrogens (tertiary/aromatic N) is 3. The standard InChI is InChI=1S/C15H26N4/c1-12(13-9-17-18(2)10-13)19(15-6-7-15)11-14-5-3-4-8-16-14/h9-10,12,14-16H,3-8,11H2,1-2H3. The maximum Gasteiger partial charge on any atom is 0.0537 e. The van der Waals surface area contributed by atoms with Crippen molar-refractivity contribution in [1.82, 2.24) is 20.0 Å². The molecule has 1 aromatic heterocycles. The number of hydrogen-bond donors (Lipinski definition) is 1. The smallest absolute Gasteiger partial charge is 0.0537 e. The molecule has 3 rings (SSSR count). The molecule has 0 aromatic carbocycles. The summed E-state index contributed by atoms with van der Waals surface area (Å²) in [6, 6.07) is 1.98. The van der Waals surface area contributed by atoms with Crippen LogP contribution in [0.1, 0.15) is 50.6 Å². The molecule has 2 atom stereocenters. The predicted molar refractivity (Wildman–Crippen MR) is 77.0 cm³/mol. The van der Waals surface area contributed by atoms with Crippen LogP contribution in [0.15, 0.2) is 12.4 Å². The fourth-order valence-corrected chi connectivity index (χ4v) is 3.21. The number of piperidine rings is 1. The van der Waals surface area contributed by atoms with Crippen molar-refractivity contribution in [3.8, 4) is 0 Å². The van der Waals surface area contributed by atoms with E-state index in [2.05, 4.69) is 28.4 Å². The fraction of sp³-hybridized carbons (Fsp3) is 0.800. The molecule has 2 fully saturated rings. The SMILES string of the molecule is CC(c1cnn(C)c1)N(CC1CCCCN1)C1CC1. The Morgan fingerprint density at radius 3 is 2.84 bits per heavy atom. The Morgan fingerprint density at radius 2 is 2.26 bits per heavy atom. The summed E-state index contributed by atoms with van der Waals surface area (Å²) in [7, 11) is 2.00. The summed E-state index contributed by atoms with van der Waals surface area (Å²) >= 11 is 0. The van der Waals surface area contributed by atoms with Gasteiger partial charge in [0.1, 0.15) is 0 Å². The van der Waals surface area contributed by atoms with Crippen LogP contribution in [-0.4, -0.2) is 39.9 Å². The molecule has 19 heavy (non-hydrogen) atoms. The summed E-state index contributed by atoms with van der Waals surface area (Å²) in [5.74, 6) is 0. The van der Waals surface area contributed by atoms with Gasteiger partial charge in [0.05, 0.1) is 6.20 Å². The normalized spacial score (nSPS) is 25.7.